The molecule has 1 atom stereocenters. The molecule has 2 aromatic rings. The van der Waals surface area contributed by atoms with Crippen molar-refractivity contribution in [2.45, 2.75) is 20.5 Å². The number of nitrogens with zero attached hydrogens (tertiary/aromatic N) is 3. The topological polar surface area (TPSA) is 98.0 Å². The summed E-state index contributed by atoms with van der Waals surface area (Å²) < 4.78 is 35.5. The normalized spacial score (nSPS) is 13.4. The van der Waals surface area contributed by atoms with E-state index in [1.54, 1.807) is 32.2 Å². The van der Waals surface area contributed by atoms with E-state index in [9.17, 15) is 13.6 Å². The lowest BCUT2D eigenvalue weighted by atomic mass is 10.0. The van der Waals surface area contributed by atoms with E-state index < -0.39 is 12.5 Å². The third-order valence-electron chi connectivity index (χ3n) is 3.87. The number of oxime groups is 1. The molecule has 0 aliphatic heterocycles. The molecule has 1 amide bonds. The van der Waals surface area contributed by atoms with Gasteiger partial charge in [0.05, 0.1) is 11.6 Å². The maximum Gasteiger partial charge on any atom is 0.387 e. The SMILES string of the molecule is CNC(=O)C(C)/C(C)=C\C(=N\O)Oc1ccn(-c2ccc(OC(F)F)cc2)n1. The lowest BCUT2D eigenvalue weighted by molar-refractivity contribution is -0.122. The molecular formula is C18H20F2N4O4. The number of benzene rings is 1. The van der Waals surface area contributed by atoms with Gasteiger partial charge in [0.1, 0.15) is 5.75 Å². The molecule has 0 bridgehead atoms. The van der Waals surface area contributed by atoms with Crippen LogP contribution in [0.3, 0.4) is 0 Å². The van der Waals surface area contributed by atoms with Crippen LogP contribution in [0.4, 0.5) is 8.78 Å². The minimum Gasteiger partial charge on any atom is -0.435 e. The average Bonchev–Trinajstić information content (AvgIpc) is 3.14. The fourth-order valence-electron chi connectivity index (χ4n) is 2.21. The van der Waals surface area contributed by atoms with Crippen LogP contribution < -0.4 is 14.8 Å². The van der Waals surface area contributed by atoms with E-state index in [0.717, 1.165) is 0 Å². The van der Waals surface area contributed by atoms with Gasteiger partial charge in [0.15, 0.2) is 0 Å². The molecule has 10 heteroatoms. The second-order valence-corrected chi connectivity index (χ2v) is 5.74. The maximum atomic E-state index is 12.2. The summed E-state index contributed by atoms with van der Waals surface area (Å²) in [6.07, 6.45) is 3.01. The number of ether oxygens (including phenoxy) is 2. The van der Waals surface area contributed by atoms with Crippen molar-refractivity contribution < 1.29 is 28.3 Å². The predicted molar refractivity (Wildman–Crippen MR) is 97.0 cm³/mol. The van der Waals surface area contributed by atoms with Gasteiger partial charge in [-0.3, -0.25) is 4.79 Å². The summed E-state index contributed by atoms with van der Waals surface area (Å²) in [6, 6.07) is 7.39. The monoisotopic (exact) mass is 394 g/mol. The van der Waals surface area contributed by atoms with E-state index in [-0.39, 0.29) is 23.4 Å². The molecule has 0 aliphatic carbocycles. The highest BCUT2D eigenvalue weighted by molar-refractivity contribution is 5.91. The van der Waals surface area contributed by atoms with Crippen LogP contribution >= 0.6 is 0 Å². The Balaban J connectivity index is 2.09. The number of hydrogen-bond donors (Lipinski definition) is 2. The van der Waals surface area contributed by atoms with E-state index in [1.165, 1.54) is 36.0 Å². The molecule has 1 aromatic heterocycles. The Morgan fingerprint density at radius 3 is 2.57 bits per heavy atom. The predicted octanol–water partition coefficient (Wildman–Crippen LogP) is 2.97. The maximum absolute atomic E-state index is 12.2. The molecule has 0 saturated carbocycles. The lowest BCUT2D eigenvalue weighted by Gasteiger charge is -2.10. The Morgan fingerprint density at radius 2 is 2.00 bits per heavy atom. The Kier molecular flexibility index (Phi) is 7.08. The Labute approximate surface area is 160 Å². The van der Waals surface area contributed by atoms with Crippen molar-refractivity contribution in [3.05, 3.63) is 48.2 Å². The van der Waals surface area contributed by atoms with Crippen LogP contribution in [0.2, 0.25) is 0 Å². The molecule has 1 unspecified atom stereocenters. The van der Waals surface area contributed by atoms with Gasteiger partial charge in [0, 0.05) is 25.4 Å². The zero-order chi connectivity index (χ0) is 20.7. The lowest BCUT2D eigenvalue weighted by Crippen LogP contribution is -2.26. The first-order valence-electron chi connectivity index (χ1n) is 8.24. The highest BCUT2D eigenvalue weighted by Gasteiger charge is 2.15. The molecule has 0 radical (unpaired) electrons. The minimum absolute atomic E-state index is 0.0305. The zero-order valence-electron chi connectivity index (χ0n) is 15.5. The van der Waals surface area contributed by atoms with E-state index in [2.05, 4.69) is 20.3 Å². The molecule has 8 nitrogen and oxygen atoms in total. The van der Waals surface area contributed by atoms with Crippen LogP contribution in [0.1, 0.15) is 13.8 Å². The molecule has 0 aliphatic rings. The van der Waals surface area contributed by atoms with E-state index >= 15 is 0 Å². The number of carbonyl (C=O) groups excluding carboxylic acids is 1. The molecule has 2 N–H and O–H groups in total. The molecule has 2 rings (SSSR count). The van der Waals surface area contributed by atoms with E-state index in [1.807, 2.05) is 0 Å². The van der Waals surface area contributed by atoms with Gasteiger partial charge in [-0.05, 0) is 43.3 Å². The van der Waals surface area contributed by atoms with Gasteiger partial charge in [0.25, 0.3) is 5.90 Å². The van der Waals surface area contributed by atoms with Crippen molar-refractivity contribution in [1.29, 1.82) is 0 Å². The number of alkyl halides is 2. The third-order valence-corrected chi connectivity index (χ3v) is 3.87. The Morgan fingerprint density at radius 1 is 1.32 bits per heavy atom. The van der Waals surface area contributed by atoms with Crippen molar-refractivity contribution in [3.8, 4) is 17.3 Å². The average molecular weight is 394 g/mol. The summed E-state index contributed by atoms with van der Waals surface area (Å²) in [5.74, 6) is -0.592. The van der Waals surface area contributed by atoms with Crippen molar-refractivity contribution in [1.82, 2.24) is 15.1 Å². The van der Waals surface area contributed by atoms with Gasteiger partial charge in [-0.15, -0.1) is 5.10 Å². The van der Waals surface area contributed by atoms with Crippen LogP contribution in [0, 0.1) is 5.92 Å². The molecular weight excluding hydrogens is 374 g/mol. The quantitative estimate of drug-likeness (QED) is 0.326. The molecule has 1 heterocycles. The minimum atomic E-state index is -2.89. The van der Waals surface area contributed by atoms with Gasteiger partial charge in [-0.25, -0.2) is 4.68 Å². The summed E-state index contributed by atoms with van der Waals surface area (Å²) >= 11 is 0. The highest BCUT2D eigenvalue weighted by atomic mass is 19.3. The van der Waals surface area contributed by atoms with Crippen molar-refractivity contribution in [2.24, 2.45) is 11.1 Å². The summed E-state index contributed by atoms with van der Waals surface area (Å²) in [4.78, 5) is 11.7. The molecule has 28 heavy (non-hydrogen) atoms. The number of carbonyl (C=O) groups is 1. The van der Waals surface area contributed by atoms with Gasteiger partial charge < -0.3 is 20.0 Å². The van der Waals surface area contributed by atoms with Gasteiger partial charge in [-0.1, -0.05) is 5.57 Å². The number of halogens is 2. The van der Waals surface area contributed by atoms with Crippen molar-refractivity contribution in [3.63, 3.8) is 0 Å². The third kappa shape index (κ3) is 5.53. The van der Waals surface area contributed by atoms with E-state index in [4.69, 9.17) is 9.94 Å². The first kappa shape index (κ1) is 20.9. The fraction of sp³-hybridized carbons (Fsp3) is 0.278. The first-order valence-corrected chi connectivity index (χ1v) is 8.24. The standard InChI is InChI=1S/C18H20F2N4O4/c1-11(12(2)17(25)21-3)10-16(23-26)28-15-8-9-24(22-15)13-4-6-14(7-5-13)27-18(19)20/h4-10,12,18,26H,1-3H3,(H,21,25)/b11-10-,23-16-. The molecule has 0 spiro atoms. The molecule has 150 valence electrons. The van der Waals surface area contributed by atoms with Crippen LogP contribution in [0.15, 0.2) is 53.3 Å². The smallest absolute Gasteiger partial charge is 0.387 e. The number of aromatic nitrogens is 2. The van der Waals surface area contributed by atoms with Gasteiger partial charge in [-0.2, -0.15) is 8.78 Å². The van der Waals surface area contributed by atoms with Crippen molar-refractivity contribution in [2.75, 3.05) is 7.05 Å². The Bertz CT molecular complexity index is 863. The van der Waals surface area contributed by atoms with Crippen molar-refractivity contribution >= 4 is 11.8 Å². The fourth-order valence-corrected chi connectivity index (χ4v) is 2.21. The first-order chi connectivity index (χ1) is 13.3. The second-order valence-electron chi connectivity index (χ2n) is 5.74. The summed E-state index contributed by atoms with van der Waals surface area (Å²) in [6.45, 7) is 0.515. The highest BCUT2D eigenvalue weighted by Crippen LogP contribution is 2.19. The molecule has 1 aromatic carbocycles. The number of hydrogen-bond acceptors (Lipinski definition) is 6. The largest absolute Gasteiger partial charge is 0.435 e. The summed E-state index contributed by atoms with van der Waals surface area (Å²) in [5.41, 5.74) is 1.21. The van der Waals surface area contributed by atoms with Gasteiger partial charge >= 0.3 is 6.61 Å². The molecule has 0 saturated heterocycles. The van der Waals surface area contributed by atoms with Crippen LogP contribution in [-0.2, 0) is 4.79 Å². The van der Waals surface area contributed by atoms with Crippen LogP contribution in [-0.4, -0.2) is 40.5 Å². The molecule has 0 fully saturated rings. The van der Waals surface area contributed by atoms with Gasteiger partial charge in [0.2, 0.25) is 11.8 Å². The number of nitrogens with one attached hydrogen (secondary N) is 1. The zero-order valence-corrected chi connectivity index (χ0v) is 15.5. The van der Waals surface area contributed by atoms with E-state index in [0.29, 0.717) is 11.3 Å². The number of amides is 1. The van der Waals surface area contributed by atoms with Crippen LogP contribution in [0.25, 0.3) is 5.69 Å². The Hall–Kier alpha value is -3.43. The summed E-state index contributed by atoms with van der Waals surface area (Å²) in [5, 5.41) is 18.9. The summed E-state index contributed by atoms with van der Waals surface area (Å²) in [7, 11) is 1.53. The second kappa shape index (κ2) is 9.49. The van der Waals surface area contributed by atoms with Crippen LogP contribution in [0.5, 0.6) is 11.6 Å². The number of rotatable bonds is 7.